The molecule has 2 aromatic rings. The number of aromatic nitrogens is 1. The SMILES string of the molecule is C=C(NC1=CC(=O)NCC1)c1ccnc(-c2ccc(/C(C)=N\OC(C)(C)C)cc2)c1.CC. The highest BCUT2D eigenvalue weighted by Gasteiger charge is 2.12. The molecule has 0 saturated carbocycles. The molecule has 1 aromatic heterocycles. The largest absolute Gasteiger partial charge is 0.390 e. The lowest BCUT2D eigenvalue weighted by molar-refractivity contribution is -0.116. The van der Waals surface area contributed by atoms with Crippen LogP contribution in [-0.4, -0.2) is 28.7 Å². The minimum absolute atomic E-state index is 0.0845. The summed E-state index contributed by atoms with van der Waals surface area (Å²) < 4.78 is 0. The molecule has 0 atom stereocenters. The summed E-state index contributed by atoms with van der Waals surface area (Å²) >= 11 is 0. The van der Waals surface area contributed by atoms with Crippen LogP contribution < -0.4 is 10.6 Å². The molecule has 2 N–H and O–H groups in total. The number of oxime groups is 1. The summed E-state index contributed by atoms with van der Waals surface area (Å²) in [5.41, 5.74) is 5.85. The highest BCUT2D eigenvalue weighted by Crippen LogP contribution is 2.22. The molecule has 2 heterocycles. The molecule has 0 saturated heterocycles. The fraction of sp³-hybridized carbons (Fsp3) is 0.346. The first-order valence-corrected chi connectivity index (χ1v) is 11.0. The lowest BCUT2D eigenvalue weighted by Crippen LogP contribution is -2.30. The van der Waals surface area contributed by atoms with Crippen LogP contribution in [0.3, 0.4) is 0 Å². The molecule has 0 fully saturated rings. The molecular weight excluding hydrogens is 400 g/mol. The van der Waals surface area contributed by atoms with Crippen LogP contribution in [0.2, 0.25) is 0 Å². The molecule has 1 amide bonds. The van der Waals surface area contributed by atoms with Crippen LogP contribution in [-0.2, 0) is 9.63 Å². The number of benzene rings is 1. The Hall–Kier alpha value is -3.41. The van der Waals surface area contributed by atoms with Crippen LogP contribution in [0.25, 0.3) is 17.0 Å². The second-order valence-electron chi connectivity index (χ2n) is 8.20. The van der Waals surface area contributed by atoms with Gasteiger partial charge in [-0.15, -0.1) is 0 Å². The van der Waals surface area contributed by atoms with Gasteiger partial charge in [0.1, 0.15) is 5.60 Å². The molecule has 1 aliphatic rings. The van der Waals surface area contributed by atoms with Gasteiger partial charge in [0.2, 0.25) is 5.91 Å². The maximum absolute atomic E-state index is 11.5. The standard InChI is InChI=1S/C24H28N4O2.C2H6/c1-16(27-21-11-13-26-23(29)15-21)20-10-12-25-22(14-20)19-8-6-18(7-9-19)17(2)28-30-24(3,4)5;1-2/h6-10,12,14-15,27H,1,11,13H2,2-5H3,(H,26,29);1-2H3/b28-17-;. The first kappa shape index (κ1) is 24.9. The molecule has 32 heavy (non-hydrogen) atoms. The maximum atomic E-state index is 11.5. The van der Waals surface area contributed by atoms with E-state index >= 15 is 0 Å². The molecular formula is C26H34N4O2. The summed E-state index contributed by atoms with van der Waals surface area (Å²) in [6.07, 6.45) is 4.09. The zero-order valence-corrected chi connectivity index (χ0v) is 20.0. The topological polar surface area (TPSA) is 75.6 Å². The van der Waals surface area contributed by atoms with E-state index in [0.29, 0.717) is 6.54 Å². The van der Waals surface area contributed by atoms with Crippen LogP contribution in [0.5, 0.6) is 0 Å². The molecule has 0 bridgehead atoms. The van der Waals surface area contributed by atoms with Crippen molar-refractivity contribution in [3.05, 3.63) is 72.1 Å². The zero-order valence-electron chi connectivity index (χ0n) is 20.0. The van der Waals surface area contributed by atoms with Crippen LogP contribution in [0.4, 0.5) is 0 Å². The third-order valence-electron chi connectivity index (χ3n) is 4.47. The number of pyridine rings is 1. The summed E-state index contributed by atoms with van der Waals surface area (Å²) in [6, 6.07) is 11.9. The van der Waals surface area contributed by atoms with Gasteiger partial charge in [0, 0.05) is 47.8 Å². The van der Waals surface area contributed by atoms with Crippen LogP contribution in [0.1, 0.15) is 59.1 Å². The van der Waals surface area contributed by atoms with Gasteiger partial charge in [0.25, 0.3) is 0 Å². The van der Waals surface area contributed by atoms with Crippen molar-refractivity contribution in [2.45, 2.75) is 53.6 Å². The molecule has 0 radical (unpaired) electrons. The van der Waals surface area contributed by atoms with Crippen molar-refractivity contribution in [1.82, 2.24) is 15.6 Å². The number of carbonyl (C=O) groups is 1. The Bertz CT molecular complexity index is 999. The van der Waals surface area contributed by atoms with Gasteiger partial charge in [-0.3, -0.25) is 9.78 Å². The number of nitrogens with one attached hydrogen (secondary N) is 2. The molecule has 6 nitrogen and oxygen atoms in total. The predicted molar refractivity (Wildman–Crippen MR) is 132 cm³/mol. The normalized spacial score (nSPS) is 13.9. The second-order valence-corrected chi connectivity index (χ2v) is 8.20. The van der Waals surface area contributed by atoms with E-state index in [4.69, 9.17) is 4.84 Å². The Morgan fingerprint density at radius 1 is 1.16 bits per heavy atom. The minimum atomic E-state index is -0.320. The van der Waals surface area contributed by atoms with Crippen LogP contribution in [0, 0.1) is 0 Å². The van der Waals surface area contributed by atoms with E-state index in [-0.39, 0.29) is 11.5 Å². The van der Waals surface area contributed by atoms with E-state index in [1.807, 2.05) is 77.9 Å². The molecule has 170 valence electrons. The van der Waals surface area contributed by atoms with Gasteiger partial charge in [-0.05, 0) is 45.4 Å². The zero-order chi connectivity index (χ0) is 23.7. The monoisotopic (exact) mass is 434 g/mol. The van der Waals surface area contributed by atoms with Crippen LogP contribution >= 0.6 is 0 Å². The Balaban J connectivity index is 0.00000176. The summed E-state index contributed by atoms with van der Waals surface area (Å²) in [7, 11) is 0. The van der Waals surface area contributed by atoms with Gasteiger partial charge >= 0.3 is 0 Å². The Morgan fingerprint density at radius 3 is 2.47 bits per heavy atom. The van der Waals surface area contributed by atoms with Gasteiger partial charge in [-0.25, -0.2) is 0 Å². The van der Waals surface area contributed by atoms with E-state index < -0.39 is 0 Å². The Kier molecular flexibility index (Phi) is 8.76. The van der Waals surface area contributed by atoms with E-state index in [9.17, 15) is 4.79 Å². The van der Waals surface area contributed by atoms with Gasteiger partial charge in [-0.1, -0.05) is 49.8 Å². The highest BCUT2D eigenvalue weighted by molar-refractivity contribution is 5.98. The van der Waals surface area contributed by atoms with Gasteiger partial charge in [0.05, 0.1) is 11.4 Å². The van der Waals surface area contributed by atoms with Crippen molar-refractivity contribution >= 4 is 17.3 Å². The van der Waals surface area contributed by atoms with Crippen molar-refractivity contribution in [3.63, 3.8) is 0 Å². The van der Waals surface area contributed by atoms with E-state index in [0.717, 1.165) is 45.9 Å². The lowest BCUT2D eigenvalue weighted by atomic mass is 10.0. The first-order valence-electron chi connectivity index (χ1n) is 11.0. The highest BCUT2D eigenvalue weighted by atomic mass is 16.6. The minimum Gasteiger partial charge on any atom is -0.390 e. The number of hydrogen-bond acceptors (Lipinski definition) is 5. The lowest BCUT2D eigenvalue weighted by Gasteiger charge is -2.17. The summed E-state index contributed by atoms with van der Waals surface area (Å²) in [4.78, 5) is 21.5. The van der Waals surface area contributed by atoms with E-state index in [1.54, 1.807) is 12.3 Å². The van der Waals surface area contributed by atoms with Gasteiger partial charge in [-0.2, -0.15) is 0 Å². The fourth-order valence-electron chi connectivity index (χ4n) is 2.88. The van der Waals surface area contributed by atoms with Crippen molar-refractivity contribution in [1.29, 1.82) is 0 Å². The molecule has 0 unspecified atom stereocenters. The molecule has 1 aliphatic heterocycles. The first-order chi connectivity index (χ1) is 15.2. The van der Waals surface area contributed by atoms with Crippen molar-refractivity contribution in [2.75, 3.05) is 6.54 Å². The summed E-state index contributed by atoms with van der Waals surface area (Å²) in [5.74, 6) is -0.0845. The number of rotatable bonds is 6. The molecule has 0 aliphatic carbocycles. The summed E-state index contributed by atoms with van der Waals surface area (Å²) in [5, 5.41) is 10.2. The Morgan fingerprint density at radius 2 is 1.84 bits per heavy atom. The van der Waals surface area contributed by atoms with Crippen molar-refractivity contribution in [3.8, 4) is 11.3 Å². The number of amides is 1. The number of carbonyl (C=O) groups excluding carboxylic acids is 1. The van der Waals surface area contributed by atoms with Crippen molar-refractivity contribution < 1.29 is 9.63 Å². The molecule has 6 heteroatoms. The van der Waals surface area contributed by atoms with Crippen LogP contribution in [0.15, 0.2) is 66.1 Å². The predicted octanol–water partition coefficient (Wildman–Crippen LogP) is 5.28. The molecule has 1 aromatic carbocycles. The average molecular weight is 435 g/mol. The molecule has 3 rings (SSSR count). The smallest absolute Gasteiger partial charge is 0.245 e. The van der Waals surface area contributed by atoms with E-state index in [1.165, 1.54) is 0 Å². The molecule has 0 spiro atoms. The third kappa shape index (κ3) is 7.38. The maximum Gasteiger partial charge on any atom is 0.245 e. The summed E-state index contributed by atoms with van der Waals surface area (Å²) in [6.45, 7) is 16.6. The van der Waals surface area contributed by atoms with Gasteiger partial charge < -0.3 is 15.5 Å². The van der Waals surface area contributed by atoms with Gasteiger partial charge in [0.15, 0.2) is 0 Å². The number of nitrogens with zero attached hydrogens (tertiary/aromatic N) is 2. The van der Waals surface area contributed by atoms with Crippen molar-refractivity contribution in [2.24, 2.45) is 5.16 Å². The Labute approximate surface area is 191 Å². The third-order valence-corrected chi connectivity index (χ3v) is 4.47. The quantitative estimate of drug-likeness (QED) is 0.479. The number of hydrogen-bond donors (Lipinski definition) is 2. The second kappa shape index (κ2) is 11.3. The van der Waals surface area contributed by atoms with E-state index in [2.05, 4.69) is 27.4 Å². The fourth-order valence-corrected chi connectivity index (χ4v) is 2.88. The average Bonchev–Trinajstić information content (AvgIpc) is 2.78.